The van der Waals surface area contributed by atoms with Gasteiger partial charge in [-0.05, 0) is 24.6 Å². The van der Waals surface area contributed by atoms with Crippen LogP contribution in [0.15, 0.2) is 24.3 Å². The van der Waals surface area contributed by atoms with E-state index in [1.165, 1.54) is 0 Å². The Morgan fingerprint density at radius 2 is 2.10 bits per heavy atom. The van der Waals surface area contributed by atoms with E-state index in [1.807, 2.05) is 13.0 Å². The second-order valence-electron chi connectivity index (χ2n) is 4.56. The van der Waals surface area contributed by atoms with Gasteiger partial charge in [0.05, 0.1) is 6.61 Å². The first-order valence-corrected chi connectivity index (χ1v) is 6.96. The molecule has 0 atom stereocenters. The fraction of sp³-hybridized carbons (Fsp3) is 0.467. The second kappa shape index (κ2) is 8.97. The molecule has 0 aliphatic rings. The molecule has 116 valence electrons. The Labute approximate surface area is 125 Å². The zero-order chi connectivity index (χ0) is 15.7. The lowest BCUT2D eigenvalue weighted by atomic mass is 10.1. The van der Waals surface area contributed by atoms with Gasteiger partial charge in [-0.25, -0.2) is 4.79 Å². The number of carbonyl (C=O) groups is 2. The van der Waals surface area contributed by atoms with Crippen molar-refractivity contribution in [3.63, 3.8) is 0 Å². The molecule has 0 spiro atoms. The molecule has 0 unspecified atom stereocenters. The zero-order valence-electron chi connectivity index (χ0n) is 12.8. The first-order chi connectivity index (χ1) is 10.1. The number of benzene rings is 1. The van der Waals surface area contributed by atoms with Gasteiger partial charge in [-0.3, -0.25) is 4.79 Å². The van der Waals surface area contributed by atoms with Crippen LogP contribution in [0.2, 0.25) is 0 Å². The van der Waals surface area contributed by atoms with Crippen LogP contribution in [0.4, 0.5) is 4.79 Å². The van der Waals surface area contributed by atoms with Gasteiger partial charge in [-0.1, -0.05) is 12.1 Å². The van der Waals surface area contributed by atoms with Gasteiger partial charge in [-0.2, -0.15) is 0 Å². The minimum atomic E-state index is -0.167. The molecule has 1 aromatic rings. The van der Waals surface area contributed by atoms with Gasteiger partial charge in [0.2, 0.25) is 0 Å². The summed E-state index contributed by atoms with van der Waals surface area (Å²) in [6, 6.07) is 7.00. The highest BCUT2D eigenvalue weighted by Gasteiger charge is 2.08. The van der Waals surface area contributed by atoms with E-state index < -0.39 is 0 Å². The number of hydrogen-bond acceptors (Lipinski definition) is 3. The fourth-order valence-electron chi connectivity index (χ4n) is 1.73. The summed E-state index contributed by atoms with van der Waals surface area (Å²) in [5, 5.41) is 5.38. The van der Waals surface area contributed by atoms with Crippen LogP contribution in [0.5, 0.6) is 0 Å². The maximum absolute atomic E-state index is 11.9. The third-order valence-electron chi connectivity index (χ3n) is 2.98. The molecule has 3 amide bonds. The summed E-state index contributed by atoms with van der Waals surface area (Å²) in [6.07, 6.45) is 0. The summed E-state index contributed by atoms with van der Waals surface area (Å²) in [5.74, 6) is -0.142. The van der Waals surface area contributed by atoms with Crippen LogP contribution in [-0.2, 0) is 11.3 Å². The highest BCUT2D eigenvalue weighted by Crippen LogP contribution is 2.05. The summed E-state index contributed by atoms with van der Waals surface area (Å²) in [6.45, 7) is 3.99. The van der Waals surface area contributed by atoms with Crippen molar-refractivity contribution in [3.8, 4) is 0 Å². The van der Waals surface area contributed by atoms with E-state index in [0.717, 1.165) is 5.56 Å². The molecule has 6 heteroatoms. The number of amides is 3. The maximum Gasteiger partial charge on any atom is 0.317 e. The molecule has 0 saturated carbocycles. The molecule has 0 aliphatic heterocycles. The van der Waals surface area contributed by atoms with Crippen molar-refractivity contribution in [2.45, 2.75) is 13.5 Å². The van der Waals surface area contributed by atoms with Gasteiger partial charge < -0.3 is 20.3 Å². The van der Waals surface area contributed by atoms with E-state index >= 15 is 0 Å². The highest BCUT2D eigenvalue weighted by atomic mass is 16.5. The molecular formula is C15H23N3O3. The van der Waals surface area contributed by atoms with Crippen LogP contribution in [0.1, 0.15) is 22.8 Å². The Morgan fingerprint density at radius 1 is 1.33 bits per heavy atom. The number of ether oxygens (including phenoxy) is 1. The van der Waals surface area contributed by atoms with Crippen molar-refractivity contribution < 1.29 is 14.3 Å². The molecule has 0 saturated heterocycles. The Hall–Kier alpha value is -2.08. The predicted molar refractivity (Wildman–Crippen MR) is 81.2 cm³/mol. The summed E-state index contributed by atoms with van der Waals surface area (Å²) >= 11 is 0. The topological polar surface area (TPSA) is 70.7 Å². The molecular weight excluding hydrogens is 270 g/mol. The molecule has 1 aromatic carbocycles. The van der Waals surface area contributed by atoms with Gasteiger partial charge in [0, 0.05) is 39.4 Å². The summed E-state index contributed by atoms with van der Waals surface area (Å²) in [4.78, 5) is 25.0. The molecule has 0 bridgehead atoms. The van der Waals surface area contributed by atoms with Crippen LogP contribution in [0, 0.1) is 0 Å². The van der Waals surface area contributed by atoms with Gasteiger partial charge in [0.15, 0.2) is 0 Å². The third-order valence-corrected chi connectivity index (χ3v) is 2.98. The minimum Gasteiger partial charge on any atom is -0.380 e. The SMILES string of the molecule is CCOCCN(C)C(=O)NCc1cccc(C(=O)NC)c1. The van der Waals surface area contributed by atoms with Crippen LogP contribution in [0.25, 0.3) is 0 Å². The molecule has 1 rings (SSSR count). The number of likely N-dealkylation sites (N-methyl/N-ethyl adjacent to an activating group) is 1. The fourth-order valence-corrected chi connectivity index (χ4v) is 1.73. The van der Waals surface area contributed by atoms with Crippen molar-refractivity contribution in [3.05, 3.63) is 35.4 Å². The Bertz CT molecular complexity index is 477. The lowest BCUT2D eigenvalue weighted by molar-refractivity contribution is 0.0963. The smallest absolute Gasteiger partial charge is 0.317 e. The van der Waals surface area contributed by atoms with Crippen LogP contribution in [-0.4, -0.2) is 50.7 Å². The molecule has 2 N–H and O–H groups in total. The lowest BCUT2D eigenvalue weighted by Crippen LogP contribution is -2.38. The Kier molecular flexibility index (Phi) is 7.25. The Balaban J connectivity index is 2.47. The van der Waals surface area contributed by atoms with Crippen LogP contribution in [0.3, 0.4) is 0 Å². The number of nitrogens with one attached hydrogen (secondary N) is 2. The number of nitrogens with zero attached hydrogens (tertiary/aromatic N) is 1. The summed E-state index contributed by atoms with van der Waals surface area (Å²) in [7, 11) is 3.30. The largest absolute Gasteiger partial charge is 0.380 e. The van der Waals surface area contributed by atoms with E-state index in [0.29, 0.717) is 31.9 Å². The van der Waals surface area contributed by atoms with E-state index in [-0.39, 0.29) is 11.9 Å². The first kappa shape index (κ1) is 17.0. The van der Waals surface area contributed by atoms with Gasteiger partial charge in [0.25, 0.3) is 5.91 Å². The van der Waals surface area contributed by atoms with Crippen LogP contribution >= 0.6 is 0 Å². The van der Waals surface area contributed by atoms with Crippen molar-refractivity contribution in [2.24, 2.45) is 0 Å². The highest BCUT2D eigenvalue weighted by molar-refractivity contribution is 5.94. The molecule has 0 radical (unpaired) electrons. The quantitative estimate of drug-likeness (QED) is 0.743. The van der Waals surface area contributed by atoms with Crippen molar-refractivity contribution in [1.82, 2.24) is 15.5 Å². The van der Waals surface area contributed by atoms with Crippen LogP contribution < -0.4 is 10.6 Å². The molecule has 0 aliphatic carbocycles. The van der Waals surface area contributed by atoms with Gasteiger partial charge >= 0.3 is 6.03 Å². The maximum atomic E-state index is 11.9. The Morgan fingerprint density at radius 3 is 2.76 bits per heavy atom. The number of hydrogen-bond donors (Lipinski definition) is 2. The number of carbonyl (C=O) groups excluding carboxylic acids is 2. The zero-order valence-corrected chi connectivity index (χ0v) is 12.8. The number of rotatable bonds is 7. The minimum absolute atomic E-state index is 0.142. The van der Waals surface area contributed by atoms with Crippen molar-refractivity contribution in [1.29, 1.82) is 0 Å². The van der Waals surface area contributed by atoms with E-state index in [2.05, 4.69) is 10.6 Å². The molecule has 0 aromatic heterocycles. The summed E-state index contributed by atoms with van der Waals surface area (Å²) in [5.41, 5.74) is 1.46. The van der Waals surface area contributed by atoms with E-state index in [1.54, 1.807) is 37.2 Å². The van der Waals surface area contributed by atoms with E-state index in [4.69, 9.17) is 4.74 Å². The van der Waals surface area contributed by atoms with Gasteiger partial charge in [0.1, 0.15) is 0 Å². The van der Waals surface area contributed by atoms with Gasteiger partial charge in [-0.15, -0.1) is 0 Å². The third kappa shape index (κ3) is 5.83. The second-order valence-corrected chi connectivity index (χ2v) is 4.56. The first-order valence-electron chi connectivity index (χ1n) is 6.96. The molecule has 21 heavy (non-hydrogen) atoms. The molecule has 6 nitrogen and oxygen atoms in total. The van der Waals surface area contributed by atoms with Crippen molar-refractivity contribution in [2.75, 3.05) is 33.9 Å². The average Bonchev–Trinajstić information content (AvgIpc) is 2.52. The standard InChI is InChI=1S/C15H23N3O3/c1-4-21-9-8-18(3)15(20)17-11-12-6-5-7-13(10-12)14(19)16-2/h5-7,10H,4,8-9,11H2,1-3H3,(H,16,19)(H,17,20). The lowest BCUT2D eigenvalue weighted by Gasteiger charge is -2.17. The number of urea groups is 1. The normalized spacial score (nSPS) is 10.0. The predicted octanol–water partition coefficient (Wildman–Crippen LogP) is 1.22. The monoisotopic (exact) mass is 293 g/mol. The average molecular weight is 293 g/mol. The molecule has 0 fully saturated rings. The summed E-state index contributed by atoms with van der Waals surface area (Å²) < 4.78 is 5.21. The molecule has 0 heterocycles. The van der Waals surface area contributed by atoms with E-state index in [9.17, 15) is 9.59 Å². The van der Waals surface area contributed by atoms with Crippen molar-refractivity contribution >= 4 is 11.9 Å².